The van der Waals surface area contributed by atoms with Gasteiger partial charge in [0.25, 0.3) is 0 Å². The molecule has 0 aromatic rings. The first-order chi connectivity index (χ1) is 17.1. The number of carbonyl (C=O) groups is 3. The Bertz CT molecular complexity index is 1040. The molecular formula is C18H18F8O9S3. The Morgan fingerprint density at radius 1 is 0.842 bits per heavy atom. The molecule has 1 aliphatic heterocycles. The highest BCUT2D eigenvalue weighted by molar-refractivity contribution is 8.19. The monoisotopic (exact) mass is 626 g/mol. The Hall–Kier alpha value is -1.54. The Morgan fingerprint density at radius 2 is 1.32 bits per heavy atom. The van der Waals surface area contributed by atoms with E-state index in [0.717, 1.165) is 23.5 Å². The Morgan fingerprint density at radius 3 is 1.74 bits per heavy atom. The lowest BCUT2D eigenvalue weighted by Crippen LogP contribution is -2.54. The van der Waals surface area contributed by atoms with Crippen LogP contribution in [0.2, 0.25) is 0 Å². The summed E-state index contributed by atoms with van der Waals surface area (Å²) in [5, 5.41) is -5.29. The zero-order valence-corrected chi connectivity index (χ0v) is 21.1. The molecule has 3 aliphatic rings. The molecule has 0 radical (unpaired) electrons. The second kappa shape index (κ2) is 10.1. The van der Waals surface area contributed by atoms with Crippen molar-refractivity contribution in [2.75, 3.05) is 24.7 Å². The Balaban J connectivity index is 1.82. The van der Waals surface area contributed by atoms with E-state index in [4.69, 9.17) is 9.29 Å². The van der Waals surface area contributed by atoms with Gasteiger partial charge in [0.2, 0.25) is 0 Å². The maximum atomic E-state index is 13.8. The van der Waals surface area contributed by atoms with Crippen LogP contribution in [0.3, 0.4) is 0 Å². The summed E-state index contributed by atoms with van der Waals surface area (Å²) in [6.45, 7) is -2.24. The van der Waals surface area contributed by atoms with Crippen LogP contribution in [0.5, 0.6) is 0 Å². The average Bonchev–Trinajstić information content (AvgIpc) is 3.37. The average molecular weight is 627 g/mol. The summed E-state index contributed by atoms with van der Waals surface area (Å²) in [6.07, 6.45) is -11.0. The molecule has 2 saturated carbocycles. The standard InChI is InChI=1S/C18H18F8O9S3/c19-16(20,21)11(27)33-4-14(5-34-12(28)17(22,23)24)6-36-15(37-7-14)9-2-1-8(3-9)10(15)35-13(29)18(25,26)38(30,31)32/h8-10H,1-7H2,(H,30,31,32). The zero-order valence-electron chi connectivity index (χ0n) is 18.6. The fourth-order valence-electron chi connectivity index (χ4n) is 4.51. The molecule has 3 atom stereocenters. The predicted molar refractivity (Wildman–Crippen MR) is 111 cm³/mol. The van der Waals surface area contributed by atoms with Crippen molar-refractivity contribution in [3.63, 3.8) is 0 Å². The normalized spacial score (nSPS) is 26.7. The molecule has 20 heteroatoms. The third-order valence-corrected chi connectivity index (χ3v) is 11.4. The fourth-order valence-corrected chi connectivity index (χ4v) is 8.89. The number of rotatable bonds is 7. The van der Waals surface area contributed by atoms with E-state index in [1.165, 1.54) is 0 Å². The van der Waals surface area contributed by atoms with Crippen LogP contribution in [0.15, 0.2) is 0 Å². The molecule has 0 aromatic carbocycles. The van der Waals surface area contributed by atoms with E-state index >= 15 is 0 Å². The highest BCUT2D eigenvalue weighted by Gasteiger charge is 2.66. The van der Waals surface area contributed by atoms with Gasteiger partial charge >= 0.3 is 45.6 Å². The second-order valence-corrected chi connectivity index (χ2v) is 13.3. The van der Waals surface area contributed by atoms with Crippen LogP contribution < -0.4 is 0 Å². The third kappa shape index (κ3) is 5.96. The van der Waals surface area contributed by atoms with Crippen LogP contribution in [0.25, 0.3) is 0 Å². The number of hydrogen-bond donors (Lipinski definition) is 1. The largest absolute Gasteiger partial charge is 0.490 e. The van der Waals surface area contributed by atoms with Crippen molar-refractivity contribution >= 4 is 51.5 Å². The molecule has 218 valence electrons. The minimum absolute atomic E-state index is 0.328. The zero-order chi connectivity index (χ0) is 28.9. The second-order valence-electron chi connectivity index (χ2n) is 9.03. The summed E-state index contributed by atoms with van der Waals surface area (Å²) in [5.41, 5.74) is -1.78. The number of esters is 3. The number of thioether (sulfide) groups is 2. The maximum Gasteiger partial charge on any atom is 0.490 e. The summed E-state index contributed by atoms with van der Waals surface area (Å²) < 4.78 is 146. The topological polar surface area (TPSA) is 133 Å². The first-order valence-corrected chi connectivity index (χ1v) is 13.9. The van der Waals surface area contributed by atoms with Gasteiger partial charge in [0, 0.05) is 11.5 Å². The minimum atomic E-state index is -6.17. The quantitative estimate of drug-likeness (QED) is 0.193. The molecule has 3 fully saturated rings. The Kier molecular flexibility index (Phi) is 8.27. The third-order valence-electron chi connectivity index (χ3n) is 6.35. The SMILES string of the molecule is O=C(OCC1(COC(=O)C(F)(F)F)CSC2(SC1)C1CCC(C1)C2OC(=O)C(F)(F)S(=O)(=O)O)C(F)(F)F. The molecule has 38 heavy (non-hydrogen) atoms. The molecule has 1 heterocycles. The summed E-state index contributed by atoms with van der Waals surface area (Å²) in [7, 11) is -6.17. The van der Waals surface area contributed by atoms with Crippen molar-refractivity contribution in [1.29, 1.82) is 0 Å². The van der Waals surface area contributed by atoms with Gasteiger partial charge in [-0.3, -0.25) is 4.55 Å². The van der Waals surface area contributed by atoms with E-state index in [2.05, 4.69) is 9.47 Å². The van der Waals surface area contributed by atoms with E-state index in [0.29, 0.717) is 19.3 Å². The van der Waals surface area contributed by atoms with Gasteiger partial charge in [-0.15, -0.1) is 23.5 Å². The molecule has 3 rings (SSSR count). The van der Waals surface area contributed by atoms with Crippen LogP contribution in [-0.4, -0.2) is 83.4 Å². The lowest BCUT2D eigenvalue weighted by Gasteiger charge is -2.49. The minimum Gasteiger partial charge on any atom is -0.458 e. The number of ether oxygens (including phenoxy) is 3. The molecule has 0 aromatic heterocycles. The van der Waals surface area contributed by atoms with Gasteiger partial charge in [-0.1, -0.05) is 0 Å². The van der Waals surface area contributed by atoms with Gasteiger partial charge in [-0.25, -0.2) is 14.4 Å². The van der Waals surface area contributed by atoms with E-state index in [1.807, 2.05) is 0 Å². The Labute approximate surface area is 217 Å². The molecule has 1 N–H and O–H groups in total. The summed E-state index contributed by atoms with van der Waals surface area (Å²) in [5.74, 6) is -9.53. The van der Waals surface area contributed by atoms with Crippen molar-refractivity contribution in [2.45, 2.75) is 47.1 Å². The van der Waals surface area contributed by atoms with E-state index in [1.54, 1.807) is 0 Å². The fraction of sp³-hybridized carbons (Fsp3) is 0.833. The number of carbonyl (C=O) groups excluding carboxylic acids is 3. The van der Waals surface area contributed by atoms with Crippen molar-refractivity contribution < 1.29 is 76.7 Å². The first-order valence-electron chi connectivity index (χ1n) is 10.5. The molecule has 3 unspecified atom stereocenters. The van der Waals surface area contributed by atoms with Crippen LogP contribution in [0, 0.1) is 17.3 Å². The molecule has 2 bridgehead atoms. The maximum absolute atomic E-state index is 13.8. The van der Waals surface area contributed by atoms with E-state index < -0.39 is 91.9 Å². The van der Waals surface area contributed by atoms with Gasteiger partial charge in [0.05, 0.1) is 5.41 Å². The summed E-state index contributed by atoms with van der Waals surface area (Å²) >= 11 is 1.63. The van der Waals surface area contributed by atoms with Crippen molar-refractivity contribution in [2.24, 2.45) is 17.3 Å². The number of hydrogen-bond acceptors (Lipinski definition) is 10. The molecule has 9 nitrogen and oxygen atoms in total. The smallest absolute Gasteiger partial charge is 0.458 e. The number of halogens is 8. The highest BCUT2D eigenvalue weighted by Crippen LogP contribution is 2.66. The van der Waals surface area contributed by atoms with Crippen LogP contribution >= 0.6 is 23.5 Å². The van der Waals surface area contributed by atoms with Crippen LogP contribution in [0.4, 0.5) is 35.1 Å². The van der Waals surface area contributed by atoms with Crippen LogP contribution in [-0.2, 0) is 38.7 Å². The molecule has 1 spiro atoms. The number of fused-ring (bicyclic) bond motifs is 3. The first kappa shape index (κ1) is 31.0. The lowest BCUT2D eigenvalue weighted by atomic mass is 9.94. The van der Waals surface area contributed by atoms with Crippen molar-refractivity contribution in [1.82, 2.24) is 0 Å². The number of alkyl halides is 8. The molecule has 2 aliphatic carbocycles. The van der Waals surface area contributed by atoms with Crippen LogP contribution in [0.1, 0.15) is 19.3 Å². The van der Waals surface area contributed by atoms with Gasteiger partial charge in [-0.05, 0) is 31.1 Å². The van der Waals surface area contributed by atoms with Gasteiger partial charge in [-0.2, -0.15) is 43.5 Å². The van der Waals surface area contributed by atoms with Crippen molar-refractivity contribution in [3.05, 3.63) is 0 Å². The van der Waals surface area contributed by atoms with Gasteiger partial charge in [0.1, 0.15) is 23.4 Å². The summed E-state index contributed by atoms with van der Waals surface area (Å²) in [4.78, 5) is 34.4. The summed E-state index contributed by atoms with van der Waals surface area (Å²) in [6, 6.07) is 0. The highest BCUT2D eigenvalue weighted by atomic mass is 32.2. The van der Waals surface area contributed by atoms with E-state index in [-0.39, 0.29) is 5.92 Å². The molecule has 0 amide bonds. The molecule has 1 saturated heterocycles. The molecular weight excluding hydrogens is 608 g/mol. The lowest BCUT2D eigenvalue weighted by molar-refractivity contribution is -0.208. The van der Waals surface area contributed by atoms with Gasteiger partial charge in [0.15, 0.2) is 0 Å². The van der Waals surface area contributed by atoms with E-state index in [9.17, 15) is 57.9 Å². The predicted octanol–water partition coefficient (Wildman–Crippen LogP) is 3.18. The van der Waals surface area contributed by atoms with Crippen molar-refractivity contribution in [3.8, 4) is 0 Å². The van der Waals surface area contributed by atoms with Gasteiger partial charge < -0.3 is 14.2 Å².